The van der Waals surface area contributed by atoms with Crippen LogP contribution in [-0.4, -0.2) is 22.0 Å². The Morgan fingerprint density at radius 2 is 2.55 bits per heavy atom. The lowest BCUT2D eigenvalue weighted by atomic mass is 10.2. The van der Waals surface area contributed by atoms with E-state index in [4.69, 9.17) is 0 Å². The average molecular weight is 150 g/mol. The van der Waals surface area contributed by atoms with Crippen molar-refractivity contribution in [1.82, 2.24) is 14.9 Å². The molecule has 11 heavy (non-hydrogen) atoms. The fraction of sp³-hybridized carbons (Fsp3) is 0.429. The zero-order valence-electron chi connectivity index (χ0n) is 5.97. The van der Waals surface area contributed by atoms with Gasteiger partial charge >= 0.3 is 0 Å². The third-order valence-corrected chi connectivity index (χ3v) is 1.84. The molecule has 1 aliphatic rings. The molecule has 4 nitrogen and oxygen atoms in total. The molecule has 1 radical (unpaired) electrons. The van der Waals surface area contributed by atoms with Crippen LogP contribution in [0.25, 0.3) is 0 Å². The molecule has 2 rings (SSSR count). The Hall–Kier alpha value is -1.32. The van der Waals surface area contributed by atoms with Crippen LogP contribution in [0.4, 0.5) is 0 Å². The van der Waals surface area contributed by atoms with Gasteiger partial charge in [0.1, 0.15) is 6.04 Å². The molecular formula is C7H8N3O. The molecule has 0 aliphatic carbocycles. The summed E-state index contributed by atoms with van der Waals surface area (Å²) in [5, 5.41) is 3.79. The summed E-state index contributed by atoms with van der Waals surface area (Å²) in [6, 6.07) is -0.0856. The van der Waals surface area contributed by atoms with Gasteiger partial charge in [-0.15, -0.1) is 0 Å². The topological polar surface area (TPSA) is 49.0 Å². The first-order chi connectivity index (χ1) is 5.38. The summed E-state index contributed by atoms with van der Waals surface area (Å²) in [6.07, 6.45) is 5.94. The smallest absolute Gasteiger partial charge is 0.264 e. The molecule has 0 N–H and O–H groups in total. The summed E-state index contributed by atoms with van der Waals surface area (Å²) in [7, 11) is 0. The zero-order valence-corrected chi connectivity index (χ0v) is 5.97. The van der Waals surface area contributed by atoms with E-state index >= 15 is 0 Å². The molecule has 1 fully saturated rings. The lowest BCUT2D eigenvalue weighted by Crippen LogP contribution is -2.16. The van der Waals surface area contributed by atoms with E-state index in [9.17, 15) is 4.79 Å². The van der Waals surface area contributed by atoms with E-state index in [-0.39, 0.29) is 11.9 Å². The summed E-state index contributed by atoms with van der Waals surface area (Å²) < 4.78 is 1.80. The van der Waals surface area contributed by atoms with Gasteiger partial charge in [0.2, 0.25) is 0 Å². The number of carbonyl (C=O) groups excluding carboxylic acids is 1. The molecular weight excluding hydrogens is 142 g/mol. The molecule has 2 heterocycles. The second-order valence-corrected chi connectivity index (χ2v) is 2.53. The third-order valence-electron chi connectivity index (χ3n) is 1.84. The van der Waals surface area contributed by atoms with Crippen molar-refractivity contribution in [2.45, 2.75) is 12.5 Å². The first kappa shape index (κ1) is 6.39. The van der Waals surface area contributed by atoms with Gasteiger partial charge < -0.3 is 4.57 Å². The number of imidazole rings is 1. The van der Waals surface area contributed by atoms with Crippen LogP contribution in [-0.2, 0) is 4.79 Å². The highest BCUT2D eigenvalue weighted by atomic mass is 16.2. The SMILES string of the molecule is O=C1[N]CCC1n1ccnc1. The Kier molecular flexibility index (Phi) is 1.38. The molecule has 1 aliphatic heterocycles. The van der Waals surface area contributed by atoms with Crippen molar-refractivity contribution >= 4 is 5.91 Å². The molecule has 1 aromatic heterocycles. The van der Waals surface area contributed by atoms with Crippen LogP contribution in [0.5, 0.6) is 0 Å². The van der Waals surface area contributed by atoms with Crippen molar-refractivity contribution in [2.75, 3.05) is 6.54 Å². The summed E-state index contributed by atoms with van der Waals surface area (Å²) >= 11 is 0. The maximum Gasteiger partial charge on any atom is 0.264 e. The van der Waals surface area contributed by atoms with E-state index in [1.807, 2.05) is 0 Å². The Labute approximate surface area is 64.2 Å². The molecule has 1 unspecified atom stereocenters. The summed E-state index contributed by atoms with van der Waals surface area (Å²) in [5.41, 5.74) is 0. The van der Waals surface area contributed by atoms with E-state index in [0.717, 1.165) is 6.42 Å². The summed E-state index contributed by atoms with van der Waals surface area (Å²) in [6.45, 7) is 0.654. The van der Waals surface area contributed by atoms with Gasteiger partial charge in [0.05, 0.1) is 6.33 Å². The minimum atomic E-state index is -0.0856. The zero-order chi connectivity index (χ0) is 7.68. The molecule has 1 amide bonds. The molecule has 1 aromatic rings. The van der Waals surface area contributed by atoms with Crippen molar-refractivity contribution in [3.63, 3.8) is 0 Å². The van der Waals surface area contributed by atoms with Gasteiger partial charge in [0.15, 0.2) is 0 Å². The lowest BCUT2D eigenvalue weighted by Gasteiger charge is -2.05. The highest BCUT2D eigenvalue weighted by Crippen LogP contribution is 2.16. The molecule has 0 aromatic carbocycles. The standard InChI is InChI=1S/C7H8N3O/c11-7-6(1-2-9-7)10-4-3-8-5-10/h3-6H,1-2H2. The van der Waals surface area contributed by atoms with Gasteiger partial charge in [-0.25, -0.2) is 10.3 Å². The van der Waals surface area contributed by atoms with E-state index in [1.54, 1.807) is 23.3 Å². The normalized spacial score (nSPS) is 23.6. The largest absolute Gasteiger partial charge is 0.325 e. The highest BCUT2D eigenvalue weighted by Gasteiger charge is 2.26. The molecule has 57 valence electrons. The van der Waals surface area contributed by atoms with Crippen LogP contribution in [0.15, 0.2) is 18.7 Å². The predicted octanol–water partition coefficient (Wildman–Crippen LogP) is -0.0411. The Bertz CT molecular complexity index is 255. The minimum Gasteiger partial charge on any atom is -0.325 e. The number of hydrogen-bond acceptors (Lipinski definition) is 2. The minimum absolute atomic E-state index is 0.0250. The van der Waals surface area contributed by atoms with Gasteiger partial charge in [0.25, 0.3) is 5.91 Å². The number of rotatable bonds is 1. The van der Waals surface area contributed by atoms with Crippen molar-refractivity contribution in [1.29, 1.82) is 0 Å². The van der Waals surface area contributed by atoms with Gasteiger partial charge in [-0.05, 0) is 6.42 Å². The van der Waals surface area contributed by atoms with Crippen LogP contribution >= 0.6 is 0 Å². The average Bonchev–Trinajstić information content (AvgIpc) is 2.55. The van der Waals surface area contributed by atoms with E-state index in [2.05, 4.69) is 10.3 Å². The number of aromatic nitrogens is 2. The summed E-state index contributed by atoms with van der Waals surface area (Å²) in [4.78, 5) is 14.9. The van der Waals surface area contributed by atoms with E-state index in [0.29, 0.717) is 6.54 Å². The van der Waals surface area contributed by atoms with Crippen LogP contribution in [0.1, 0.15) is 12.5 Å². The van der Waals surface area contributed by atoms with Crippen LogP contribution in [0.2, 0.25) is 0 Å². The second kappa shape index (κ2) is 2.38. The van der Waals surface area contributed by atoms with Crippen LogP contribution in [0, 0.1) is 0 Å². The molecule has 0 saturated carbocycles. The summed E-state index contributed by atoms with van der Waals surface area (Å²) in [5.74, 6) is -0.0250. The number of nitrogens with zero attached hydrogens (tertiary/aromatic N) is 3. The fourth-order valence-electron chi connectivity index (χ4n) is 1.26. The number of amides is 1. The van der Waals surface area contributed by atoms with Gasteiger partial charge in [0, 0.05) is 18.9 Å². The third kappa shape index (κ3) is 1.00. The van der Waals surface area contributed by atoms with Gasteiger partial charge in [-0.3, -0.25) is 4.79 Å². The molecule has 0 bridgehead atoms. The second-order valence-electron chi connectivity index (χ2n) is 2.53. The fourth-order valence-corrected chi connectivity index (χ4v) is 1.26. The van der Waals surface area contributed by atoms with Crippen LogP contribution < -0.4 is 5.32 Å². The maximum atomic E-state index is 11.1. The maximum absolute atomic E-state index is 11.1. The monoisotopic (exact) mass is 150 g/mol. The van der Waals surface area contributed by atoms with E-state index in [1.165, 1.54) is 0 Å². The van der Waals surface area contributed by atoms with E-state index < -0.39 is 0 Å². The lowest BCUT2D eigenvalue weighted by molar-refractivity contribution is -0.122. The van der Waals surface area contributed by atoms with Crippen molar-refractivity contribution in [2.24, 2.45) is 0 Å². The Balaban J connectivity index is 2.23. The van der Waals surface area contributed by atoms with Gasteiger partial charge in [-0.1, -0.05) is 0 Å². The van der Waals surface area contributed by atoms with Crippen LogP contribution in [0.3, 0.4) is 0 Å². The first-order valence-electron chi connectivity index (χ1n) is 3.57. The van der Waals surface area contributed by atoms with Crippen molar-refractivity contribution < 1.29 is 4.79 Å². The molecule has 0 spiro atoms. The quantitative estimate of drug-likeness (QED) is 0.564. The number of carbonyl (C=O) groups is 1. The highest BCUT2D eigenvalue weighted by molar-refractivity contribution is 5.81. The van der Waals surface area contributed by atoms with Gasteiger partial charge in [-0.2, -0.15) is 0 Å². The first-order valence-corrected chi connectivity index (χ1v) is 3.57. The number of hydrogen-bond donors (Lipinski definition) is 0. The molecule has 1 saturated heterocycles. The molecule has 1 atom stereocenters. The van der Waals surface area contributed by atoms with Crippen molar-refractivity contribution in [3.05, 3.63) is 18.7 Å². The predicted molar refractivity (Wildman–Crippen MR) is 37.9 cm³/mol. The molecule has 4 heteroatoms. The Morgan fingerprint density at radius 3 is 3.09 bits per heavy atom. The van der Waals surface area contributed by atoms with Crippen molar-refractivity contribution in [3.8, 4) is 0 Å². The Morgan fingerprint density at radius 1 is 1.64 bits per heavy atom.